The van der Waals surface area contributed by atoms with E-state index in [4.69, 9.17) is 9.47 Å². The van der Waals surface area contributed by atoms with Gasteiger partial charge in [-0.3, -0.25) is 14.5 Å². The normalized spacial score (nSPS) is 17.2. The number of esters is 1. The molecule has 4 aromatic rings. The Morgan fingerprint density at radius 2 is 1.72 bits per heavy atom. The van der Waals surface area contributed by atoms with E-state index in [1.165, 1.54) is 44.4 Å². The number of thioether (sulfide) groups is 2. The minimum atomic E-state index is -1.10. The average Bonchev–Trinajstić information content (AvgIpc) is 3.76. The van der Waals surface area contributed by atoms with Crippen molar-refractivity contribution in [3.8, 4) is 0 Å². The smallest absolute Gasteiger partial charge is 0.426 e. The van der Waals surface area contributed by atoms with Crippen LogP contribution < -0.4 is 5.43 Å². The zero-order valence-electron chi connectivity index (χ0n) is 27.7. The van der Waals surface area contributed by atoms with Gasteiger partial charge in [-0.15, -0.1) is 28.2 Å². The standard InChI is InChI=1S/C34H35N7O6S3/c1-34(2,3)47-33(45)36-41(25(42)18-24-16-11-17-48-24)27-29(43)40-26(23(19-49-30(27)40)20-50-32-35-37-38-39(32)4)31(44)46-28(21-12-7-5-8-13-21)22-14-9-6-10-15-22/h5-17,27-28,30H,18-20H2,1-4H3,(H,36,45)/t27?,30-/m1/s1. The molecule has 3 amide bonds. The van der Waals surface area contributed by atoms with Gasteiger partial charge in [0.15, 0.2) is 12.1 Å². The van der Waals surface area contributed by atoms with Gasteiger partial charge in [-0.1, -0.05) is 78.5 Å². The summed E-state index contributed by atoms with van der Waals surface area (Å²) in [7, 11) is 1.71. The summed E-state index contributed by atoms with van der Waals surface area (Å²) in [5.74, 6) is -1.08. The summed E-state index contributed by atoms with van der Waals surface area (Å²) in [5, 5.41) is 14.4. The maximum Gasteiger partial charge on any atom is 0.426 e. The predicted molar refractivity (Wildman–Crippen MR) is 188 cm³/mol. The van der Waals surface area contributed by atoms with Crippen molar-refractivity contribution in [3.63, 3.8) is 0 Å². The van der Waals surface area contributed by atoms with Crippen LogP contribution in [0.25, 0.3) is 0 Å². The van der Waals surface area contributed by atoms with E-state index in [0.717, 1.165) is 21.0 Å². The van der Waals surface area contributed by atoms with E-state index in [1.807, 2.05) is 78.2 Å². The summed E-state index contributed by atoms with van der Waals surface area (Å²) in [6, 6.07) is 21.3. The second-order valence-electron chi connectivity index (χ2n) is 12.4. The fourth-order valence-electron chi connectivity index (χ4n) is 5.44. The molecular weight excluding hydrogens is 699 g/mol. The van der Waals surface area contributed by atoms with Crippen molar-refractivity contribution < 1.29 is 28.7 Å². The minimum absolute atomic E-state index is 0.0389. The number of tetrazole rings is 1. The fraction of sp³-hybridized carbons (Fsp3) is 0.324. The molecule has 1 unspecified atom stereocenters. The summed E-state index contributed by atoms with van der Waals surface area (Å²) in [4.78, 5) is 57.4. The van der Waals surface area contributed by atoms with Gasteiger partial charge < -0.3 is 9.47 Å². The SMILES string of the molecule is Cn1nnnc1SCC1=C(C(=O)OC(c2ccccc2)c2ccccc2)N2C(=O)C(N(NC(=O)OC(C)(C)C)C(=O)Cc3cccs3)[C@H]2SC1. The van der Waals surface area contributed by atoms with Gasteiger partial charge in [0, 0.05) is 23.4 Å². The number of amides is 3. The van der Waals surface area contributed by atoms with Gasteiger partial charge in [0.25, 0.3) is 5.91 Å². The monoisotopic (exact) mass is 733 g/mol. The van der Waals surface area contributed by atoms with Crippen molar-refractivity contribution >= 4 is 58.7 Å². The minimum Gasteiger partial charge on any atom is -0.448 e. The van der Waals surface area contributed by atoms with Crippen molar-refractivity contribution in [2.24, 2.45) is 7.05 Å². The third-order valence-electron chi connectivity index (χ3n) is 7.66. The van der Waals surface area contributed by atoms with Crippen LogP contribution in [-0.2, 0) is 37.3 Å². The molecule has 13 nitrogen and oxygen atoms in total. The van der Waals surface area contributed by atoms with Crippen molar-refractivity contribution in [2.45, 2.75) is 55.5 Å². The second-order valence-corrected chi connectivity index (χ2v) is 15.5. The summed E-state index contributed by atoms with van der Waals surface area (Å²) in [6.07, 6.45) is -1.67. The van der Waals surface area contributed by atoms with Gasteiger partial charge in [0.2, 0.25) is 11.1 Å². The maximum absolute atomic E-state index is 14.4. The summed E-state index contributed by atoms with van der Waals surface area (Å²) >= 11 is 4.10. The lowest BCUT2D eigenvalue weighted by atomic mass is 10.0. The first-order valence-corrected chi connectivity index (χ1v) is 18.6. The van der Waals surface area contributed by atoms with Crippen LogP contribution in [-0.4, -0.2) is 82.5 Å². The second kappa shape index (κ2) is 15.1. The number of fused-ring (bicyclic) bond motifs is 1. The molecule has 50 heavy (non-hydrogen) atoms. The molecule has 2 aromatic heterocycles. The van der Waals surface area contributed by atoms with E-state index in [9.17, 15) is 19.2 Å². The van der Waals surface area contributed by atoms with E-state index in [-0.39, 0.29) is 12.1 Å². The zero-order valence-corrected chi connectivity index (χ0v) is 30.2. The van der Waals surface area contributed by atoms with E-state index in [1.54, 1.807) is 27.8 Å². The molecule has 1 saturated heterocycles. The lowest BCUT2D eigenvalue weighted by Crippen LogP contribution is -2.74. The molecule has 260 valence electrons. The van der Waals surface area contributed by atoms with E-state index < -0.39 is 47.0 Å². The van der Waals surface area contributed by atoms with Gasteiger partial charge in [-0.2, -0.15) is 0 Å². The number of aromatic nitrogens is 4. The fourth-order valence-corrected chi connectivity index (χ4v) is 8.52. The molecule has 1 N–H and O–H groups in total. The number of nitrogens with one attached hydrogen (secondary N) is 1. The van der Waals surface area contributed by atoms with E-state index in [0.29, 0.717) is 22.2 Å². The third kappa shape index (κ3) is 7.87. The molecule has 2 aromatic carbocycles. The van der Waals surface area contributed by atoms with Crippen molar-refractivity contribution in [3.05, 3.63) is 105 Å². The Labute approximate surface area is 301 Å². The van der Waals surface area contributed by atoms with E-state index in [2.05, 4.69) is 21.0 Å². The Morgan fingerprint density at radius 1 is 1.04 bits per heavy atom. The van der Waals surface area contributed by atoms with Crippen molar-refractivity contribution in [2.75, 3.05) is 11.5 Å². The molecule has 2 aliphatic heterocycles. The molecule has 0 spiro atoms. The highest BCUT2D eigenvalue weighted by atomic mass is 32.2. The number of carbonyl (C=O) groups is 4. The van der Waals surface area contributed by atoms with Crippen LogP contribution >= 0.6 is 34.9 Å². The zero-order chi connectivity index (χ0) is 35.4. The lowest BCUT2D eigenvalue weighted by Gasteiger charge is -2.52. The van der Waals surface area contributed by atoms with Crippen LogP contribution in [0.2, 0.25) is 0 Å². The Kier molecular flexibility index (Phi) is 10.6. The number of hydrogen-bond acceptors (Lipinski definition) is 12. The van der Waals surface area contributed by atoms with Gasteiger partial charge in [0.05, 0.1) is 6.42 Å². The molecule has 0 aliphatic carbocycles. The number of ether oxygens (including phenoxy) is 2. The maximum atomic E-state index is 14.4. The number of aryl methyl sites for hydroxylation is 1. The highest BCUT2D eigenvalue weighted by molar-refractivity contribution is 8.01. The first kappa shape index (κ1) is 35.2. The van der Waals surface area contributed by atoms with E-state index >= 15 is 0 Å². The first-order valence-electron chi connectivity index (χ1n) is 15.7. The quantitative estimate of drug-likeness (QED) is 0.104. The third-order valence-corrected chi connectivity index (χ3v) is 11.0. The topological polar surface area (TPSA) is 149 Å². The van der Waals surface area contributed by atoms with Gasteiger partial charge in [-0.05, 0) is 59.3 Å². The highest BCUT2D eigenvalue weighted by Gasteiger charge is 2.58. The highest BCUT2D eigenvalue weighted by Crippen LogP contribution is 2.44. The van der Waals surface area contributed by atoms with Crippen molar-refractivity contribution in [1.29, 1.82) is 0 Å². The number of rotatable bonds is 10. The van der Waals surface area contributed by atoms with Crippen LogP contribution in [0.4, 0.5) is 4.79 Å². The molecule has 4 heterocycles. The predicted octanol–water partition coefficient (Wildman–Crippen LogP) is 4.75. The molecular formula is C34H35N7O6S3. The summed E-state index contributed by atoms with van der Waals surface area (Å²) < 4.78 is 13.2. The Balaban J connectivity index is 1.33. The number of carbonyl (C=O) groups excluding carboxylic acids is 4. The van der Waals surface area contributed by atoms with Crippen LogP contribution in [0.3, 0.4) is 0 Å². The molecule has 1 fully saturated rings. The number of hydrogen-bond donors (Lipinski definition) is 1. The molecule has 2 aliphatic rings. The number of nitrogens with zero attached hydrogens (tertiary/aromatic N) is 6. The molecule has 0 radical (unpaired) electrons. The summed E-state index contributed by atoms with van der Waals surface area (Å²) in [6.45, 7) is 5.11. The van der Waals surface area contributed by atoms with Crippen LogP contribution in [0.15, 0.2) is 94.6 Å². The van der Waals surface area contributed by atoms with Gasteiger partial charge >= 0.3 is 12.1 Å². The molecule has 0 bridgehead atoms. The average molecular weight is 734 g/mol. The van der Waals surface area contributed by atoms with Crippen molar-refractivity contribution in [1.82, 2.24) is 35.5 Å². The first-order chi connectivity index (χ1) is 24.0. The lowest BCUT2D eigenvalue weighted by molar-refractivity contribution is -0.164. The number of benzene rings is 2. The number of hydrazine groups is 1. The van der Waals surface area contributed by atoms with Crippen LogP contribution in [0.5, 0.6) is 0 Å². The Bertz CT molecular complexity index is 1840. The summed E-state index contributed by atoms with van der Waals surface area (Å²) in [5.41, 5.74) is 3.95. The Hall–Kier alpha value is -4.67. The molecule has 16 heteroatoms. The number of β-lactam (4-membered cyclic amide) rings is 1. The molecule has 0 saturated carbocycles. The van der Waals surface area contributed by atoms with Gasteiger partial charge in [0.1, 0.15) is 16.7 Å². The van der Waals surface area contributed by atoms with Crippen LogP contribution in [0.1, 0.15) is 42.9 Å². The Morgan fingerprint density at radius 3 is 2.30 bits per heavy atom. The largest absolute Gasteiger partial charge is 0.448 e. The molecule has 6 rings (SSSR count). The molecule has 2 atom stereocenters. The van der Waals surface area contributed by atoms with Crippen LogP contribution in [0, 0.1) is 0 Å². The number of thiophene rings is 1. The van der Waals surface area contributed by atoms with Gasteiger partial charge in [-0.25, -0.2) is 24.7 Å².